The highest BCUT2D eigenvalue weighted by molar-refractivity contribution is 6.32. The summed E-state index contributed by atoms with van der Waals surface area (Å²) in [7, 11) is 7.06. The van der Waals surface area contributed by atoms with E-state index < -0.39 is 0 Å². The molecule has 0 spiro atoms. The molecule has 1 fully saturated rings. The fraction of sp³-hybridized carbons (Fsp3) is 0.611. The maximum absolute atomic E-state index is 13.0. The molecule has 1 heterocycles. The molecule has 1 saturated heterocycles. The van der Waals surface area contributed by atoms with E-state index in [9.17, 15) is 4.79 Å². The summed E-state index contributed by atoms with van der Waals surface area (Å²) in [6.07, 6.45) is 1.67. The molecular formula is C18H28ClN3O4. The third-order valence-electron chi connectivity index (χ3n) is 4.40. The monoisotopic (exact) mass is 385 g/mol. The number of nitrogens with one attached hydrogen (secondary N) is 1. The molecule has 26 heavy (non-hydrogen) atoms. The zero-order valence-electron chi connectivity index (χ0n) is 15.9. The van der Waals surface area contributed by atoms with Gasteiger partial charge < -0.3 is 29.3 Å². The van der Waals surface area contributed by atoms with Crippen LogP contribution in [-0.4, -0.2) is 76.5 Å². The first kappa shape index (κ1) is 20.6. The highest BCUT2D eigenvalue weighted by atomic mass is 35.5. The highest BCUT2D eigenvalue weighted by Gasteiger charge is 2.26. The second kappa shape index (κ2) is 9.85. The fourth-order valence-corrected chi connectivity index (χ4v) is 3.14. The lowest BCUT2D eigenvalue weighted by atomic mass is 10.1. The van der Waals surface area contributed by atoms with Gasteiger partial charge in [0.05, 0.1) is 24.9 Å². The topological polar surface area (TPSA) is 63.3 Å². The van der Waals surface area contributed by atoms with Gasteiger partial charge in [0.15, 0.2) is 0 Å². The van der Waals surface area contributed by atoms with Crippen molar-refractivity contribution in [3.8, 4) is 11.5 Å². The molecule has 0 saturated carbocycles. The van der Waals surface area contributed by atoms with Crippen molar-refractivity contribution < 1.29 is 19.0 Å². The number of amides is 2. The number of benzene rings is 1. The van der Waals surface area contributed by atoms with Crippen LogP contribution >= 0.6 is 11.6 Å². The Morgan fingerprint density at radius 2 is 1.85 bits per heavy atom. The van der Waals surface area contributed by atoms with E-state index in [0.717, 1.165) is 19.4 Å². The van der Waals surface area contributed by atoms with Crippen molar-refractivity contribution in [2.45, 2.75) is 18.9 Å². The van der Waals surface area contributed by atoms with Crippen molar-refractivity contribution in [1.82, 2.24) is 9.80 Å². The van der Waals surface area contributed by atoms with Crippen LogP contribution in [0.2, 0.25) is 5.02 Å². The molecule has 1 aromatic rings. The van der Waals surface area contributed by atoms with Crippen LogP contribution in [0.15, 0.2) is 12.1 Å². The number of urea groups is 1. The molecule has 1 aliphatic rings. The van der Waals surface area contributed by atoms with Gasteiger partial charge in [-0.3, -0.25) is 0 Å². The van der Waals surface area contributed by atoms with Gasteiger partial charge in [0.1, 0.15) is 11.5 Å². The number of ether oxygens (including phenoxy) is 3. The minimum Gasteiger partial charge on any atom is -0.495 e. The average molecular weight is 386 g/mol. The molecular weight excluding hydrogens is 358 g/mol. The Bertz CT molecular complexity index is 606. The molecule has 1 N–H and O–H groups in total. The fourth-order valence-electron chi connectivity index (χ4n) is 2.90. The van der Waals surface area contributed by atoms with Crippen LogP contribution < -0.4 is 14.8 Å². The number of anilines is 1. The van der Waals surface area contributed by atoms with Gasteiger partial charge in [-0.05, 0) is 33.0 Å². The number of carbonyl (C=O) groups is 1. The highest BCUT2D eigenvalue weighted by Crippen LogP contribution is 2.36. The Balaban J connectivity index is 2.18. The van der Waals surface area contributed by atoms with Gasteiger partial charge in [0.2, 0.25) is 0 Å². The normalized spacial score (nSPS) is 15.0. The molecule has 0 aliphatic carbocycles. The van der Waals surface area contributed by atoms with E-state index in [4.69, 9.17) is 25.8 Å². The molecule has 2 amide bonds. The van der Waals surface area contributed by atoms with E-state index >= 15 is 0 Å². The maximum atomic E-state index is 13.0. The molecule has 2 rings (SSSR count). The zero-order chi connectivity index (χ0) is 19.1. The quantitative estimate of drug-likeness (QED) is 0.781. The summed E-state index contributed by atoms with van der Waals surface area (Å²) in [6.45, 7) is 2.77. The van der Waals surface area contributed by atoms with Crippen molar-refractivity contribution in [2.75, 3.05) is 59.9 Å². The van der Waals surface area contributed by atoms with Crippen LogP contribution in [0.1, 0.15) is 12.8 Å². The van der Waals surface area contributed by atoms with E-state index in [1.165, 1.54) is 7.11 Å². The number of halogens is 1. The number of likely N-dealkylation sites (N-methyl/N-ethyl adjacent to an activating group) is 1. The van der Waals surface area contributed by atoms with Crippen LogP contribution in [0, 0.1) is 0 Å². The minimum atomic E-state index is -0.168. The summed E-state index contributed by atoms with van der Waals surface area (Å²) in [5.74, 6) is 0.995. The Hall–Kier alpha value is -1.70. The Kier molecular flexibility index (Phi) is 7.81. The summed E-state index contributed by atoms with van der Waals surface area (Å²) in [5, 5.41) is 3.35. The van der Waals surface area contributed by atoms with Gasteiger partial charge in [-0.2, -0.15) is 0 Å². The molecule has 146 valence electrons. The van der Waals surface area contributed by atoms with Crippen molar-refractivity contribution in [2.24, 2.45) is 0 Å². The summed E-state index contributed by atoms with van der Waals surface area (Å²) < 4.78 is 16.0. The van der Waals surface area contributed by atoms with Crippen molar-refractivity contribution >= 4 is 23.3 Å². The van der Waals surface area contributed by atoms with Gasteiger partial charge in [-0.1, -0.05) is 11.6 Å². The summed E-state index contributed by atoms with van der Waals surface area (Å²) >= 11 is 6.20. The number of hydrogen-bond donors (Lipinski definition) is 1. The zero-order valence-corrected chi connectivity index (χ0v) is 16.6. The van der Waals surface area contributed by atoms with Gasteiger partial charge in [-0.25, -0.2) is 4.79 Å². The molecule has 0 aromatic heterocycles. The van der Waals surface area contributed by atoms with E-state index in [1.54, 1.807) is 19.2 Å². The Morgan fingerprint density at radius 1 is 1.19 bits per heavy atom. The molecule has 0 unspecified atom stereocenters. The van der Waals surface area contributed by atoms with E-state index in [1.807, 2.05) is 19.0 Å². The number of carbonyl (C=O) groups excluding carboxylic acids is 1. The van der Waals surface area contributed by atoms with Gasteiger partial charge in [-0.15, -0.1) is 0 Å². The summed E-state index contributed by atoms with van der Waals surface area (Å²) in [4.78, 5) is 16.9. The number of hydrogen-bond acceptors (Lipinski definition) is 5. The van der Waals surface area contributed by atoms with Crippen molar-refractivity contribution in [1.29, 1.82) is 0 Å². The molecule has 0 atom stereocenters. The first-order chi connectivity index (χ1) is 12.5. The Morgan fingerprint density at radius 3 is 2.42 bits per heavy atom. The molecule has 1 aromatic carbocycles. The summed E-state index contributed by atoms with van der Waals surface area (Å²) in [5.41, 5.74) is 0.519. The van der Waals surface area contributed by atoms with Crippen molar-refractivity contribution in [3.05, 3.63) is 17.2 Å². The van der Waals surface area contributed by atoms with Crippen molar-refractivity contribution in [3.63, 3.8) is 0 Å². The largest absolute Gasteiger partial charge is 0.495 e. The lowest BCUT2D eigenvalue weighted by Crippen LogP contribution is -2.48. The lowest BCUT2D eigenvalue weighted by Gasteiger charge is -2.35. The van der Waals surface area contributed by atoms with Gasteiger partial charge >= 0.3 is 6.03 Å². The van der Waals surface area contributed by atoms with Crippen LogP contribution in [-0.2, 0) is 4.74 Å². The number of methoxy groups -OCH3 is 2. The minimum absolute atomic E-state index is 0.156. The SMILES string of the molecule is COc1cc(OC)c(NC(=O)N(CCN(C)C)C2CCOCC2)cc1Cl. The second-order valence-corrected chi connectivity index (χ2v) is 6.86. The molecule has 7 nitrogen and oxygen atoms in total. The van der Waals surface area contributed by atoms with Gasteiger partial charge in [0, 0.05) is 38.4 Å². The first-order valence-electron chi connectivity index (χ1n) is 8.68. The molecule has 1 aliphatic heterocycles. The van der Waals surface area contributed by atoms with E-state index in [2.05, 4.69) is 10.2 Å². The van der Waals surface area contributed by atoms with Crippen LogP contribution in [0.3, 0.4) is 0 Å². The first-order valence-corrected chi connectivity index (χ1v) is 9.05. The van der Waals surface area contributed by atoms with Crippen LogP contribution in [0.4, 0.5) is 10.5 Å². The summed E-state index contributed by atoms with van der Waals surface area (Å²) in [6, 6.07) is 3.30. The Labute approximate surface area is 160 Å². The van der Waals surface area contributed by atoms with Crippen LogP contribution in [0.25, 0.3) is 0 Å². The van der Waals surface area contributed by atoms with E-state index in [-0.39, 0.29) is 12.1 Å². The van der Waals surface area contributed by atoms with Crippen LogP contribution in [0.5, 0.6) is 11.5 Å². The van der Waals surface area contributed by atoms with Gasteiger partial charge in [0.25, 0.3) is 0 Å². The predicted molar refractivity (Wildman–Crippen MR) is 103 cm³/mol. The second-order valence-electron chi connectivity index (χ2n) is 6.46. The third kappa shape index (κ3) is 5.40. The molecule has 0 bridgehead atoms. The maximum Gasteiger partial charge on any atom is 0.322 e. The number of nitrogens with zero attached hydrogens (tertiary/aromatic N) is 2. The number of rotatable bonds is 7. The smallest absolute Gasteiger partial charge is 0.322 e. The molecule has 8 heteroatoms. The third-order valence-corrected chi connectivity index (χ3v) is 4.69. The van der Waals surface area contributed by atoms with E-state index in [0.29, 0.717) is 42.0 Å². The standard InChI is InChI=1S/C18H28ClN3O4/c1-21(2)7-8-22(13-5-9-26-10-6-13)18(23)20-15-11-14(19)16(24-3)12-17(15)25-4/h11-13H,5-10H2,1-4H3,(H,20,23). The molecule has 0 radical (unpaired) electrons. The lowest BCUT2D eigenvalue weighted by molar-refractivity contribution is 0.0466. The predicted octanol–water partition coefficient (Wildman–Crippen LogP) is 2.93. The average Bonchev–Trinajstić information content (AvgIpc) is 2.62.